The summed E-state index contributed by atoms with van der Waals surface area (Å²) in [5.74, 6) is -1.20. The smallest absolute Gasteiger partial charge is 0.335 e. The number of rotatable bonds is 3. The van der Waals surface area contributed by atoms with E-state index in [4.69, 9.17) is 9.84 Å². The zero-order valence-corrected chi connectivity index (χ0v) is 12.8. The number of benzene rings is 1. The Kier molecular flexibility index (Phi) is 4.31. The molecule has 1 aliphatic rings. The minimum absolute atomic E-state index is 0.177. The molecule has 0 saturated carbocycles. The number of hydrogen-bond acceptors (Lipinski definition) is 4. The molecule has 2 heterocycles. The Labute approximate surface area is 138 Å². The van der Waals surface area contributed by atoms with E-state index >= 15 is 0 Å². The number of nitrogens with zero attached hydrogens (tertiary/aromatic N) is 3. The lowest BCUT2D eigenvalue weighted by Gasteiger charge is -2.26. The SMILES string of the molecule is N#Cc1cn(-c2ccc(C(=O)O)cc2)cc1C(=O)N1CCOCC1. The van der Waals surface area contributed by atoms with Crippen LogP contribution >= 0.6 is 0 Å². The highest BCUT2D eigenvalue weighted by atomic mass is 16.5. The number of carbonyl (C=O) groups excluding carboxylic acids is 1. The summed E-state index contributed by atoms with van der Waals surface area (Å²) in [4.78, 5) is 25.2. The number of carboxylic acids is 1. The minimum atomic E-state index is -1.00. The molecule has 1 saturated heterocycles. The zero-order valence-electron chi connectivity index (χ0n) is 12.8. The molecule has 0 radical (unpaired) electrons. The second-order valence-corrected chi connectivity index (χ2v) is 5.36. The summed E-state index contributed by atoms with van der Waals surface area (Å²) in [6, 6.07) is 8.27. The van der Waals surface area contributed by atoms with E-state index in [2.05, 4.69) is 0 Å². The van der Waals surface area contributed by atoms with E-state index in [0.717, 1.165) is 0 Å². The van der Waals surface area contributed by atoms with Crippen molar-refractivity contribution in [2.75, 3.05) is 26.3 Å². The molecule has 24 heavy (non-hydrogen) atoms. The number of carbonyl (C=O) groups is 2. The quantitative estimate of drug-likeness (QED) is 0.923. The fourth-order valence-electron chi connectivity index (χ4n) is 2.58. The van der Waals surface area contributed by atoms with Crippen molar-refractivity contribution in [3.63, 3.8) is 0 Å². The van der Waals surface area contributed by atoms with Crippen molar-refractivity contribution < 1.29 is 19.4 Å². The molecule has 1 fully saturated rings. The number of aromatic carboxylic acids is 1. The summed E-state index contributed by atoms with van der Waals surface area (Å²) in [6.07, 6.45) is 3.18. The maximum Gasteiger partial charge on any atom is 0.335 e. The van der Waals surface area contributed by atoms with Crippen LogP contribution in [0.15, 0.2) is 36.7 Å². The largest absolute Gasteiger partial charge is 0.478 e. The molecule has 0 bridgehead atoms. The Morgan fingerprint density at radius 2 is 1.79 bits per heavy atom. The Bertz CT molecular complexity index is 811. The van der Waals surface area contributed by atoms with Crippen molar-refractivity contribution in [1.29, 1.82) is 5.26 Å². The predicted molar refractivity (Wildman–Crippen MR) is 84.2 cm³/mol. The summed E-state index contributed by atoms with van der Waals surface area (Å²) < 4.78 is 6.89. The summed E-state index contributed by atoms with van der Waals surface area (Å²) in [5.41, 5.74) is 1.48. The summed E-state index contributed by atoms with van der Waals surface area (Å²) in [6.45, 7) is 1.99. The van der Waals surface area contributed by atoms with Crippen molar-refractivity contribution in [2.45, 2.75) is 0 Å². The van der Waals surface area contributed by atoms with Crippen LogP contribution in [0.4, 0.5) is 0 Å². The van der Waals surface area contributed by atoms with Crippen LogP contribution in [-0.4, -0.2) is 52.8 Å². The highest BCUT2D eigenvalue weighted by Crippen LogP contribution is 2.18. The molecule has 0 atom stereocenters. The van der Waals surface area contributed by atoms with Crippen molar-refractivity contribution >= 4 is 11.9 Å². The van der Waals surface area contributed by atoms with Crippen LogP contribution in [0.3, 0.4) is 0 Å². The topological polar surface area (TPSA) is 95.6 Å². The monoisotopic (exact) mass is 325 g/mol. The second-order valence-electron chi connectivity index (χ2n) is 5.36. The van der Waals surface area contributed by atoms with Crippen LogP contribution in [0, 0.1) is 11.3 Å². The van der Waals surface area contributed by atoms with Gasteiger partial charge in [-0.25, -0.2) is 4.79 Å². The van der Waals surface area contributed by atoms with Gasteiger partial charge in [-0.15, -0.1) is 0 Å². The third-order valence-electron chi connectivity index (χ3n) is 3.89. The van der Waals surface area contributed by atoms with Gasteiger partial charge in [0.1, 0.15) is 6.07 Å². The molecule has 7 heteroatoms. The normalized spacial score (nSPS) is 14.2. The Morgan fingerprint density at radius 3 is 2.38 bits per heavy atom. The first-order chi connectivity index (χ1) is 11.6. The molecule has 1 N–H and O–H groups in total. The molecule has 1 aromatic carbocycles. The number of amides is 1. The van der Waals surface area contributed by atoms with Crippen LogP contribution in [-0.2, 0) is 4.74 Å². The van der Waals surface area contributed by atoms with Gasteiger partial charge in [0.25, 0.3) is 5.91 Å². The first-order valence-corrected chi connectivity index (χ1v) is 7.43. The molecule has 1 aromatic heterocycles. The molecular formula is C17H15N3O4. The highest BCUT2D eigenvalue weighted by Gasteiger charge is 2.23. The van der Waals surface area contributed by atoms with E-state index in [1.807, 2.05) is 6.07 Å². The van der Waals surface area contributed by atoms with Gasteiger partial charge in [0, 0.05) is 31.2 Å². The van der Waals surface area contributed by atoms with Gasteiger partial charge in [-0.1, -0.05) is 0 Å². The third-order valence-corrected chi connectivity index (χ3v) is 3.89. The van der Waals surface area contributed by atoms with E-state index in [1.54, 1.807) is 34.0 Å². The fourth-order valence-corrected chi connectivity index (χ4v) is 2.58. The molecule has 1 aliphatic heterocycles. The minimum Gasteiger partial charge on any atom is -0.478 e. The van der Waals surface area contributed by atoms with Crippen molar-refractivity contribution in [2.24, 2.45) is 0 Å². The van der Waals surface area contributed by atoms with Crippen LogP contribution < -0.4 is 0 Å². The van der Waals surface area contributed by atoms with E-state index in [-0.39, 0.29) is 17.0 Å². The lowest BCUT2D eigenvalue weighted by Crippen LogP contribution is -2.40. The Balaban J connectivity index is 1.91. The third kappa shape index (κ3) is 3.00. The van der Waals surface area contributed by atoms with E-state index in [1.165, 1.54) is 12.1 Å². The second kappa shape index (κ2) is 6.56. The average Bonchev–Trinajstić information content (AvgIpc) is 3.06. The van der Waals surface area contributed by atoms with Crippen molar-refractivity contribution in [3.05, 3.63) is 53.3 Å². The van der Waals surface area contributed by atoms with Crippen molar-refractivity contribution in [1.82, 2.24) is 9.47 Å². The maximum absolute atomic E-state index is 12.6. The molecule has 0 unspecified atom stereocenters. The van der Waals surface area contributed by atoms with Gasteiger partial charge in [-0.05, 0) is 24.3 Å². The van der Waals surface area contributed by atoms with Crippen molar-refractivity contribution in [3.8, 4) is 11.8 Å². The average molecular weight is 325 g/mol. The number of morpholine rings is 1. The molecule has 7 nitrogen and oxygen atoms in total. The number of aromatic nitrogens is 1. The molecular weight excluding hydrogens is 310 g/mol. The number of nitriles is 1. The maximum atomic E-state index is 12.6. The van der Waals surface area contributed by atoms with Gasteiger partial charge in [0.15, 0.2) is 0 Å². The Morgan fingerprint density at radius 1 is 1.12 bits per heavy atom. The standard InChI is InChI=1S/C17H15N3O4/c18-9-13-10-20(14-3-1-12(2-4-14)17(22)23)11-15(13)16(21)19-5-7-24-8-6-19/h1-4,10-11H,5-8H2,(H,22,23). The predicted octanol–water partition coefficient (Wildman–Crippen LogP) is 1.52. The van der Waals surface area contributed by atoms with Crippen LogP contribution in [0.25, 0.3) is 5.69 Å². The molecule has 2 aromatic rings. The van der Waals surface area contributed by atoms with Crippen LogP contribution in [0.5, 0.6) is 0 Å². The molecule has 1 amide bonds. The van der Waals surface area contributed by atoms with E-state index in [0.29, 0.717) is 37.6 Å². The van der Waals surface area contributed by atoms with Gasteiger partial charge in [-0.3, -0.25) is 4.79 Å². The highest BCUT2D eigenvalue weighted by molar-refractivity contribution is 5.96. The van der Waals surface area contributed by atoms with Gasteiger partial charge >= 0.3 is 5.97 Å². The van der Waals surface area contributed by atoms with Crippen LogP contribution in [0.2, 0.25) is 0 Å². The first kappa shape index (κ1) is 15.8. The summed E-state index contributed by atoms with van der Waals surface area (Å²) >= 11 is 0. The van der Waals surface area contributed by atoms with E-state index in [9.17, 15) is 14.9 Å². The number of hydrogen-bond donors (Lipinski definition) is 1. The number of carboxylic acid groups (broad SMARTS) is 1. The first-order valence-electron chi connectivity index (χ1n) is 7.43. The summed E-state index contributed by atoms with van der Waals surface area (Å²) in [7, 11) is 0. The van der Waals surface area contributed by atoms with Gasteiger partial charge < -0.3 is 19.3 Å². The molecule has 122 valence electrons. The lowest BCUT2D eigenvalue weighted by molar-refractivity contribution is 0.0302. The van der Waals surface area contributed by atoms with Gasteiger partial charge in [-0.2, -0.15) is 5.26 Å². The fraction of sp³-hybridized carbons (Fsp3) is 0.235. The zero-order chi connectivity index (χ0) is 17.1. The Hall–Kier alpha value is -3.11. The van der Waals surface area contributed by atoms with Gasteiger partial charge in [0.05, 0.1) is 29.9 Å². The molecule has 3 rings (SSSR count). The van der Waals surface area contributed by atoms with E-state index < -0.39 is 5.97 Å². The number of ether oxygens (including phenoxy) is 1. The van der Waals surface area contributed by atoms with Crippen LogP contribution in [0.1, 0.15) is 26.3 Å². The summed E-state index contributed by atoms with van der Waals surface area (Å²) in [5, 5.41) is 18.2. The molecule has 0 aliphatic carbocycles. The van der Waals surface area contributed by atoms with Gasteiger partial charge in [0.2, 0.25) is 0 Å². The lowest BCUT2D eigenvalue weighted by atomic mass is 10.2. The molecule has 0 spiro atoms.